The molecule has 0 aliphatic carbocycles. The zero-order valence-corrected chi connectivity index (χ0v) is 12.3. The summed E-state index contributed by atoms with van der Waals surface area (Å²) in [6.07, 6.45) is 2.58. The number of piperidine rings is 2. The number of carbonyl (C=O) groups is 2. The van der Waals surface area contributed by atoms with E-state index in [1.165, 1.54) is 12.0 Å². The van der Waals surface area contributed by atoms with Crippen molar-refractivity contribution in [3.63, 3.8) is 0 Å². The number of rotatable bonds is 2. The van der Waals surface area contributed by atoms with Gasteiger partial charge in [-0.15, -0.1) is 0 Å². The lowest BCUT2D eigenvalue weighted by atomic mass is 9.84. The second-order valence-electron chi connectivity index (χ2n) is 6.05. The Morgan fingerprint density at radius 2 is 1.70 bits per heavy atom. The van der Waals surface area contributed by atoms with Gasteiger partial charge in [0, 0.05) is 18.6 Å². The summed E-state index contributed by atoms with van der Waals surface area (Å²) in [6, 6.07) is 0. The van der Waals surface area contributed by atoms with Crippen LogP contribution in [0, 0.1) is 5.92 Å². The van der Waals surface area contributed by atoms with Crippen LogP contribution in [0.4, 0.5) is 4.79 Å². The van der Waals surface area contributed by atoms with Crippen LogP contribution in [0.25, 0.3) is 0 Å². The maximum absolute atomic E-state index is 11.5. The van der Waals surface area contributed by atoms with Crippen molar-refractivity contribution in [3.05, 3.63) is 0 Å². The van der Waals surface area contributed by atoms with Gasteiger partial charge in [-0.25, -0.2) is 4.79 Å². The molecule has 0 spiro atoms. The first kappa shape index (κ1) is 15.1. The average molecular weight is 284 g/mol. The highest BCUT2D eigenvalue weighted by atomic mass is 16.5. The fourth-order valence-corrected chi connectivity index (χ4v) is 3.32. The third-order valence-corrected chi connectivity index (χ3v) is 4.90. The molecular weight excluding hydrogens is 260 g/mol. The molecule has 2 fully saturated rings. The van der Waals surface area contributed by atoms with E-state index in [0.717, 1.165) is 38.8 Å². The van der Waals surface area contributed by atoms with Crippen LogP contribution in [0.3, 0.4) is 0 Å². The van der Waals surface area contributed by atoms with Gasteiger partial charge in [0.15, 0.2) is 0 Å². The van der Waals surface area contributed by atoms with Gasteiger partial charge >= 0.3 is 12.1 Å². The summed E-state index contributed by atoms with van der Waals surface area (Å²) < 4.78 is 4.81. The van der Waals surface area contributed by atoms with E-state index in [-0.39, 0.29) is 17.4 Å². The van der Waals surface area contributed by atoms with Crippen LogP contribution >= 0.6 is 0 Å². The van der Waals surface area contributed by atoms with Crippen LogP contribution in [0.1, 0.15) is 32.6 Å². The zero-order chi connectivity index (χ0) is 14.8. The summed E-state index contributed by atoms with van der Waals surface area (Å²) in [5.41, 5.74) is 0.0625. The SMILES string of the molecule is COC(=O)C1CCN(C2(C)CCN(C(=O)O)CC2)CC1. The van der Waals surface area contributed by atoms with Crippen molar-refractivity contribution in [1.29, 1.82) is 0 Å². The summed E-state index contributed by atoms with van der Waals surface area (Å²) >= 11 is 0. The van der Waals surface area contributed by atoms with Crippen LogP contribution < -0.4 is 0 Å². The van der Waals surface area contributed by atoms with E-state index in [4.69, 9.17) is 9.84 Å². The number of amides is 1. The van der Waals surface area contributed by atoms with E-state index in [1.54, 1.807) is 0 Å². The minimum Gasteiger partial charge on any atom is -0.469 e. The average Bonchev–Trinajstić information content (AvgIpc) is 2.47. The molecule has 2 aliphatic heterocycles. The molecule has 2 rings (SSSR count). The molecule has 1 amide bonds. The van der Waals surface area contributed by atoms with E-state index in [0.29, 0.717) is 13.1 Å². The van der Waals surface area contributed by atoms with E-state index in [2.05, 4.69) is 11.8 Å². The maximum Gasteiger partial charge on any atom is 0.407 e. The number of ether oxygens (including phenoxy) is 1. The normalized spacial score (nSPS) is 24.4. The number of nitrogens with zero attached hydrogens (tertiary/aromatic N) is 2. The topological polar surface area (TPSA) is 70.1 Å². The van der Waals surface area contributed by atoms with Crippen LogP contribution in [0.5, 0.6) is 0 Å². The van der Waals surface area contributed by atoms with Gasteiger partial charge in [0.2, 0.25) is 0 Å². The van der Waals surface area contributed by atoms with Crippen molar-refractivity contribution >= 4 is 12.1 Å². The lowest BCUT2D eigenvalue weighted by molar-refractivity contribution is -0.147. The minimum atomic E-state index is -0.823. The summed E-state index contributed by atoms with van der Waals surface area (Å²) in [5, 5.41) is 9.00. The predicted octanol–water partition coefficient (Wildman–Crippen LogP) is 1.40. The summed E-state index contributed by atoms with van der Waals surface area (Å²) in [6.45, 7) is 5.20. The molecule has 114 valence electrons. The van der Waals surface area contributed by atoms with Gasteiger partial charge in [-0.05, 0) is 45.7 Å². The van der Waals surface area contributed by atoms with Gasteiger partial charge in [-0.1, -0.05) is 0 Å². The molecule has 0 aromatic carbocycles. The quantitative estimate of drug-likeness (QED) is 0.776. The molecule has 0 radical (unpaired) electrons. The molecule has 6 nitrogen and oxygen atoms in total. The van der Waals surface area contributed by atoms with Gasteiger partial charge in [-0.2, -0.15) is 0 Å². The van der Waals surface area contributed by atoms with Crippen LogP contribution in [-0.4, -0.2) is 65.8 Å². The van der Waals surface area contributed by atoms with Gasteiger partial charge in [0.1, 0.15) is 0 Å². The monoisotopic (exact) mass is 284 g/mol. The number of esters is 1. The number of hydrogen-bond donors (Lipinski definition) is 1. The van der Waals surface area contributed by atoms with Gasteiger partial charge < -0.3 is 14.7 Å². The van der Waals surface area contributed by atoms with Crippen molar-refractivity contribution in [1.82, 2.24) is 9.80 Å². The van der Waals surface area contributed by atoms with E-state index in [1.807, 2.05) is 0 Å². The van der Waals surface area contributed by atoms with Crippen LogP contribution in [0.2, 0.25) is 0 Å². The smallest absolute Gasteiger partial charge is 0.407 e. The summed E-state index contributed by atoms with van der Waals surface area (Å²) in [4.78, 5) is 26.4. The first-order valence-electron chi connectivity index (χ1n) is 7.27. The Kier molecular flexibility index (Phi) is 4.52. The van der Waals surface area contributed by atoms with Gasteiger partial charge in [0.25, 0.3) is 0 Å². The molecule has 6 heteroatoms. The molecular formula is C14H24N2O4. The number of carboxylic acid groups (broad SMARTS) is 1. The van der Waals surface area contributed by atoms with Crippen molar-refractivity contribution in [2.45, 2.75) is 38.1 Å². The zero-order valence-electron chi connectivity index (χ0n) is 12.3. The Morgan fingerprint density at radius 1 is 1.15 bits per heavy atom. The Morgan fingerprint density at radius 3 is 2.15 bits per heavy atom. The van der Waals surface area contributed by atoms with Gasteiger partial charge in [-0.3, -0.25) is 9.69 Å². The molecule has 0 bridgehead atoms. The first-order chi connectivity index (χ1) is 9.46. The Balaban J connectivity index is 1.87. The van der Waals surface area contributed by atoms with E-state index >= 15 is 0 Å². The van der Waals surface area contributed by atoms with E-state index < -0.39 is 6.09 Å². The fraction of sp³-hybridized carbons (Fsp3) is 0.857. The number of methoxy groups -OCH3 is 1. The van der Waals surface area contributed by atoms with Crippen molar-refractivity contribution in [2.75, 3.05) is 33.3 Å². The largest absolute Gasteiger partial charge is 0.469 e. The third-order valence-electron chi connectivity index (χ3n) is 4.90. The molecule has 2 heterocycles. The second-order valence-corrected chi connectivity index (χ2v) is 6.05. The van der Waals surface area contributed by atoms with Gasteiger partial charge in [0.05, 0.1) is 13.0 Å². The molecule has 0 atom stereocenters. The Bertz CT molecular complexity index is 369. The number of hydrogen-bond acceptors (Lipinski definition) is 4. The Hall–Kier alpha value is -1.30. The molecule has 1 N–H and O–H groups in total. The minimum absolute atomic E-state index is 0.0268. The molecule has 0 aromatic rings. The standard InChI is InChI=1S/C14H24N2O4/c1-14(5-9-15(10-6-14)13(18)19)16-7-3-11(4-8-16)12(17)20-2/h11H,3-10H2,1-2H3,(H,18,19). The fourth-order valence-electron chi connectivity index (χ4n) is 3.32. The molecule has 0 unspecified atom stereocenters. The van der Waals surface area contributed by atoms with E-state index in [9.17, 15) is 9.59 Å². The van der Waals surface area contributed by atoms with Crippen LogP contribution in [-0.2, 0) is 9.53 Å². The van der Waals surface area contributed by atoms with Crippen LogP contribution in [0.15, 0.2) is 0 Å². The van der Waals surface area contributed by atoms with Crippen molar-refractivity contribution in [3.8, 4) is 0 Å². The maximum atomic E-state index is 11.5. The number of carbonyl (C=O) groups excluding carboxylic acids is 1. The van der Waals surface area contributed by atoms with Crippen molar-refractivity contribution < 1.29 is 19.4 Å². The lowest BCUT2D eigenvalue weighted by Crippen LogP contribution is -2.56. The third kappa shape index (κ3) is 3.06. The Labute approximate surface area is 119 Å². The molecule has 2 saturated heterocycles. The summed E-state index contributed by atoms with van der Waals surface area (Å²) in [5.74, 6) is -0.0746. The predicted molar refractivity (Wildman–Crippen MR) is 73.5 cm³/mol. The van der Waals surface area contributed by atoms with Crippen molar-refractivity contribution in [2.24, 2.45) is 5.92 Å². The number of likely N-dealkylation sites (tertiary alicyclic amines) is 2. The summed E-state index contributed by atoms with van der Waals surface area (Å²) in [7, 11) is 1.44. The highest BCUT2D eigenvalue weighted by Crippen LogP contribution is 2.32. The molecule has 0 aromatic heterocycles. The second kappa shape index (κ2) is 5.99. The molecule has 2 aliphatic rings. The molecule has 20 heavy (non-hydrogen) atoms. The highest BCUT2D eigenvalue weighted by Gasteiger charge is 2.39. The lowest BCUT2D eigenvalue weighted by Gasteiger charge is -2.48. The first-order valence-corrected chi connectivity index (χ1v) is 7.27. The molecule has 0 saturated carbocycles. The highest BCUT2D eigenvalue weighted by molar-refractivity contribution is 5.72.